The van der Waals surface area contributed by atoms with Gasteiger partial charge in [-0.2, -0.15) is 0 Å². The Hall–Kier alpha value is -2.03. The van der Waals surface area contributed by atoms with Gasteiger partial charge in [-0.15, -0.1) is 0 Å². The number of carbonyl (C=O) groups excluding carboxylic acids is 1. The van der Waals surface area contributed by atoms with Crippen molar-refractivity contribution in [3.05, 3.63) is 46.6 Å². The van der Waals surface area contributed by atoms with Gasteiger partial charge in [-0.05, 0) is 51.7 Å². The van der Waals surface area contributed by atoms with E-state index in [1.807, 2.05) is 0 Å². The first-order valence-corrected chi connectivity index (χ1v) is 7.30. The molecule has 0 aliphatic heterocycles. The van der Waals surface area contributed by atoms with Gasteiger partial charge < -0.3 is 9.84 Å². The Morgan fingerprint density at radius 3 is 2.62 bits per heavy atom. The molecule has 112 valence electrons. The molecule has 0 amide bonds. The van der Waals surface area contributed by atoms with Crippen molar-refractivity contribution in [1.29, 1.82) is 0 Å². The van der Waals surface area contributed by atoms with E-state index in [1.165, 1.54) is 18.1 Å². The normalized spacial score (nSPS) is 15.6. The molecule has 2 rings (SSSR count). The van der Waals surface area contributed by atoms with Crippen molar-refractivity contribution in [3.63, 3.8) is 0 Å². The van der Waals surface area contributed by atoms with Gasteiger partial charge in [0.05, 0.1) is 0 Å². The summed E-state index contributed by atoms with van der Waals surface area (Å²) in [7, 11) is 0. The maximum absolute atomic E-state index is 11.3. The van der Waals surface area contributed by atoms with Crippen molar-refractivity contribution < 1.29 is 14.6 Å². The van der Waals surface area contributed by atoms with Crippen LogP contribution in [0.3, 0.4) is 0 Å². The molecule has 1 aliphatic carbocycles. The van der Waals surface area contributed by atoms with Crippen LogP contribution in [0.25, 0.3) is 0 Å². The Kier molecular flexibility index (Phi) is 4.84. The van der Waals surface area contributed by atoms with Crippen LogP contribution in [0.4, 0.5) is 0 Å². The molecule has 21 heavy (non-hydrogen) atoms. The van der Waals surface area contributed by atoms with Crippen LogP contribution < -0.4 is 4.74 Å². The molecule has 1 aromatic carbocycles. The number of rotatable bonds is 1. The van der Waals surface area contributed by atoms with E-state index in [4.69, 9.17) is 4.74 Å². The van der Waals surface area contributed by atoms with Crippen LogP contribution in [0.15, 0.2) is 35.4 Å². The Morgan fingerprint density at radius 2 is 1.90 bits per heavy atom. The number of phenols is 1. The van der Waals surface area contributed by atoms with E-state index in [1.54, 1.807) is 12.1 Å². The van der Waals surface area contributed by atoms with Crippen LogP contribution in [-0.2, 0) is 17.6 Å². The molecule has 3 nitrogen and oxygen atoms in total. The van der Waals surface area contributed by atoms with Gasteiger partial charge in [0.25, 0.3) is 0 Å². The van der Waals surface area contributed by atoms with Crippen molar-refractivity contribution in [1.82, 2.24) is 0 Å². The maximum atomic E-state index is 11.3. The third-order valence-electron chi connectivity index (χ3n) is 3.76. The number of phenolic OH excluding ortho intramolecular Hbond substituents is 1. The highest BCUT2D eigenvalue weighted by atomic mass is 16.5. The van der Waals surface area contributed by atoms with Gasteiger partial charge >= 0.3 is 5.97 Å². The lowest BCUT2D eigenvalue weighted by Crippen LogP contribution is -2.07. The number of benzene rings is 1. The van der Waals surface area contributed by atoms with Gasteiger partial charge in [0, 0.05) is 18.1 Å². The fraction of sp³-hybridized carbons (Fsp3) is 0.389. The monoisotopic (exact) mass is 286 g/mol. The SMILES string of the molecule is CC(=O)Oc1ccc(O)c2c1CC=C(C)CCC=C(C)C2. The highest BCUT2D eigenvalue weighted by Gasteiger charge is 2.16. The third kappa shape index (κ3) is 3.97. The zero-order valence-corrected chi connectivity index (χ0v) is 12.9. The molecule has 0 atom stereocenters. The molecule has 3 heteroatoms. The Balaban J connectivity index is 2.54. The molecule has 0 fully saturated rings. The van der Waals surface area contributed by atoms with E-state index < -0.39 is 0 Å². The summed E-state index contributed by atoms with van der Waals surface area (Å²) in [4.78, 5) is 11.3. The number of fused-ring (bicyclic) bond motifs is 1. The summed E-state index contributed by atoms with van der Waals surface area (Å²) in [5, 5.41) is 10.2. The van der Waals surface area contributed by atoms with Gasteiger partial charge in [-0.25, -0.2) is 0 Å². The van der Waals surface area contributed by atoms with E-state index in [0.29, 0.717) is 18.6 Å². The first-order valence-electron chi connectivity index (χ1n) is 7.30. The highest BCUT2D eigenvalue weighted by Crippen LogP contribution is 2.33. The molecule has 0 unspecified atom stereocenters. The minimum Gasteiger partial charge on any atom is -0.508 e. The molecule has 1 aromatic rings. The number of hydrogen-bond acceptors (Lipinski definition) is 3. The maximum Gasteiger partial charge on any atom is 0.308 e. The lowest BCUT2D eigenvalue weighted by molar-refractivity contribution is -0.131. The largest absolute Gasteiger partial charge is 0.508 e. The minimum atomic E-state index is -0.340. The van der Waals surface area contributed by atoms with Crippen LogP contribution in [0.5, 0.6) is 11.5 Å². The van der Waals surface area contributed by atoms with E-state index in [-0.39, 0.29) is 11.7 Å². The van der Waals surface area contributed by atoms with Crippen molar-refractivity contribution >= 4 is 5.97 Å². The van der Waals surface area contributed by atoms with E-state index in [2.05, 4.69) is 26.0 Å². The highest BCUT2D eigenvalue weighted by molar-refractivity contribution is 5.70. The second kappa shape index (κ2) is 6.61. The van der Waals surface area contributed by atoms with Crippen LogP contribution in [0.1, 0.15) is 44.7 Å². The fourth-order valence-corrected chi connectivity index (χ4v) is 2.61. The van der Waals surface area contributed by atoms with Gasteiger partial charge in [-0.1, -0.05) is 23.3 Å². The van der Waals surface area contributed by atoms with Gasteiger partial charge in [-0.3, -0.25) is 4.79 Å². The number of esters is 1. The van der Waals surface area contributed by atoms with E-state index >= 15 is 0 Å². The summed E-state index contributed by atoms with van der Waals surface area (Å²) in [6.07, 6.45) is 7.78. The molecule has 0 heterocycles. The molecule has 0 saturated carbocycles. The summed E-state index contributed by atoms with van der Waals surface area (Å²) in [6, 6.07) is 3.27. The Bertz CT molecular complexity index is 609. The topological polar surface area (TPSA) is 46.5 Å². The van der Waals surface area contributed by atoms with Gasteiger partial charge in [0.2, 0.25) is 0 Å². The van der Waals surface area contributed by atoms with Crippen molar-refractivity contribution in [3.8, 4) is 11.5 Å². The zero-order chi connectivity index (χ0) is 15.4. The molecule has 0 aromatic heterocycles. The molecular formula is C18H22O3. The number of aromatic hydroxyl groups is 1. The van der Waals surface area contributed by atoms with Crippen LogP contribution in [0.2, 0.25) is 0 Å². The first-order chi connectivity index (χ1) is 9.97. The van der Waals surface area contributed by atoms with Gasteiger partial charge in [0.1, 0.15) is 11.5 Å². The lowest BCUT2D eigenvalue weighted by atomic mass is 9.93. The average Bonchev–Trinajstić information content (AvgIpc) is 2.41. The predicted octanol–water partition coefficient (Wildman–Crippen LogP) is 4.09. The number of ether oxygens (including phenoxy) is 1. The third-order valence-corrected chi connectivity index (χ3v) is 3.76. The predicted molar refractivity (Wildman–Crippen MR) is 83.6 cm³/mol. The van der Waals surface area contributed by atoms with Crippen molar-refractivity contribution in [2.75, 3.05) is 0 Å². The van der Waals surface area contributed by atoms with E-state index in [0.717, 1.165) is 24.0 Å². The molecule has 0 saturated heterocycles. The average molecular weight is 286 g/mol. The Morgan fingerprint density at radius 1 is 1.14 bits per heavy atom. The fourth-order valence-electron chi connectivity index (χ4n) is 2.61. The molecule has 0 bridgehead atoms. The van der Waals surface area contributed by atoms with Crippen LogP contribution >= 0.6 is 0 Å². The number of carbonyl (C=O) groups is 1. The summed E-state index contributed by atoms with van der Waals surface area (Å²) < 4.78 is 5.31. The molecule has 0 radical (unpaired) electrons. The summed E-state index contributed by atoms with van der Waals surface area (Å²) in [5.74, 6) is 0.473. The number of allylic oxidation sites excluding steroid dienone is 4. The summed E-state index contributed by atoms with van der Waals surface area (Å²) >= 11 is 0. The van der Waals surface area contributed by atoms with E-state index in [9.17, 15) is 9.90 Å². The van der Waals surface area contributed by atoms with Crippen LogP contribution in [0, 0.1) is 0 Å². The minimum absolute atomic E-state index is 0.264. The second-order valence-electron chi connectivity index (χ2n) is 5.65. The Labute approximate surface area is 125 Å². The van der Waals surface area contributed by atoms with Crippen molar-refractivity contribution in [2.24, 2.45) is 0 Å². The smallest absolute Gasteiger partial charge is 0.308 e. The quantitative estimate of drug-likeness (QED) is 0.480. The molecule has 1 aliphatic rings. The first kappa shape index (κ1) is 15.4. The number of hydrogen-bond donors (Lipinski definition) is 1. The zero-order valence-electron chi connectivity index (χ0n) is 12.9. The lowest BCUT2D eigenvalue weighted by Gasteiger charge is -2.16. The van der Waals surface area contributed by atoms with Crippen LogP contribution in [-0.4, -0.2) is 11.1 Å². The van der Waals surface area contributed by atoms with Crippen molar-refractivity contribution in [2.45, 2.75) is 46.5 Å². The summed E-state index contributed by atoms with van der Waals surface area (Å²) in [6.45, 7) is 5.58. The second-order valence-corrected chi connectivity index (χ2v) is 5.65. The molecule has 0 spiro atoms. The standard InChI is InChI=1S/C18H22O3/c1-12-5-4-6-13(2)11-16-15(8-7-12)18(21-14(3)19)10-9-17(16)20/h6-7,9-10,20H,4-5,8,11H2,1-3H3. The molecule has 1 N–H and O–H groups in total. The molecular weight excluding hydrogens is 264 g/mol. The van der Waals surface area contributed by atoms with Gasteiger partial charge in [0.15, 0.2) is 0 Å². The summed E-state index contributed by atoms with van der Waals surface area (Å²) in [5.41, 5.74) is 4.29.